The zero-order valence-electron chi connectivity index (χ0n) is 19.9. The number of para-hydroxylation sites is 2. The van der Waals surface area contributed by atoms with Gasteiger partial charge in [0.15, 0.2) is 0 Å². The largest absolute Gasteiger partial charge is 0.397 e. The zero-order chi connectivity index (χ0) is 23.2. The molecule has 2 N–H and O–H groups in total. The Morgan fingerprint density at radius 1 is 0.559 bits per heavy atom. The molecule has 0 aromatic heterocycles. The molecule has 3 aromatic carbocycles. The molecule has 0 atom stereocenters. The lowest BCUT2D eigenvalue weighted by atomic mass is 9.98. The molecule has 2 fully saturated rings. The number of hydrogen-bond acceptors (Lipinski definition) is 4. The van der Waals surface area contributed by atoms with Crippen molar-refractivity contribution in [2.45, 2.75) is 64.2 Å². The molecule has 4 nitrogen and oxygen atoms in total. The van der Waals surface area contributed by atoms with Crippen LogP contribution in [0.2, 0.25) is 0 Å². The molecule has 0 bridgehead atoms. The minimum atomic E-state index is 0.707. The average molecular weight is 451 g/mol. The minimum Gasteiger partial charge on any atom is -0.397 e. The van der Waals surface area contributed by atoms with E-state index in [2.05, 4.69) is 71.6 Å². The molecule has 174 valence electrons. The van der Waals surface area contributed by atoms with Crippen LogP contribution in [0.1, 0.15) is 64.2 Å². The van der Waals surface area contributed by atoms with Gasteiger partial charge >= 0.3 is 0 Å². The Labute approximate surface area is 203 Å². The highest BCUT2D eigenvalue weighted by molar-refractivity contribution is 5.96. The van der Waals surface area contributed by atoms with E-state index in [1.807, 2.05) is 6.07 Å². The lowest BCUT2D eigenvalue weighted by molar-refractivity contribution is 0.667. The van der Waals surface area contributed by atoms with E-state index in [0.717, 1.165) is 54.1 Å². The van der Waals surface area contributed by atoms with Crippen LogP contribution in [-0.2, 0) is 0 Å². The van der Waals surface area contributed by atoms with Gasteiger partial charge in [0.25, 0.3) is 0 Å². The van der Waals surface area contributed by atoms with Crippen molar-refractivity contribution in [3.8, 4) is 0 Å². The van der Waals surface area contributed by atoms with Gasteiger partial charge in [-0.15, -0.1) is 0 Å². The maximum absolute atomic E-state index is 6.60. The third kappa shape index (κ3) is 5.22. The number of hydrogen-bond donors (Lipinski definition) is 1. The van der Waals surface area contributed by atoms with E-state index in [1.165, 1.54) is 49.9 Å². The van der Waals surface area contributed by atoms with E-state index in [-0.39, 0.29) is 0 Å². The van der Waals surface area contributed by atoms with Crippen LogP contribution < -0.4 is 10.6 Å². The van der Waals surface area contributed by atoms with Crippen molar-refractivity contribution in [1.82, 2.24) is 0 Å². The van der Waals surface area contributed by atoms with Crippen LogP contribution in [0, 0.1) is 0 Å². The van der Waals surface area contributed by atoms with Gasteiger partial charge in [-0.1, -0.05) is 49.2 Å². The van der Waals surface area contributed by atoms with E-state index in [4.69, 9.17) is 15.7 Å². The van der Waals surface area contributed by atoms with Crippen molar-refractivity contribution in [3.05, 3.63) is 72.8 Å². The van der Waals surface area contributed by atoms with Crippen LogP contribution in [0.15, 0.2) is 82.8 Å². The first kappa shape index (κ1) is 22.4. The predicted octanol–water partition coefficient (Wildman–Crippen LogP) is 8.81. The second-order valence-corrected chi connectivity index (χ2v) is 9.38. The van der Waals surface area contributed by atoms with Crippen LogP contribution in [0.3, 0.4) is 0 Å². The Balaban J connectivity index is 1.68. The molecule has 2 saturated carbocycles. The molecule has 0 aliphatic heterocycles. The zero-order valence-corrected chi connectivity index (χ0v) is 19.9. The fourth-order valence-corrected chi connectivity index (χ4v) is 5.01. The van der Waals surface area contributed by atoms with Gasteiger partial charge in [-0.3, -0.25) is 9.98 Å². The number of nitrogens with two attached hydrogens (primary N) is 1. The molecular formula is C30H34N4. The molecule has 0 unspecified atom stereocenters. The second-order valence-electron chi connectivity index (χ2n) is 9.38. The van der Waals surface area contributed by atoms with E-state index >= 15 is 0 Å². The summed E-state index contributed by atoms with van der Waals surface area (Å²) >= 11 is 0. The molecule has 0 spiro atoms. The van der Waals surface area contributed by atoms with E-state index < -0.39 is 0 Å². The van der Waals surface area contributed by atoms with Gasteiger partial charge in [-0.2, -0.15) is 0 Å². The van der Waals surface area contributed by atoms with Crippen molar-refractivity contribution in [3.63, 3.8) is 0 Å². The van der Waals surface area contributed by atoms with Gasteiger partial charge in [0.1, 0.15) is 0 Å². The summed E-state index contributed by atoms with van der Waals surface area (Å²) in [7, 11) is 0. The lowest BCUT2D eigenvalue weighted by Gasteiger charge is -2.28. The monoisotopic (exact) mass is 450 g/mol. The van der Waals surface area contributed by atoms with Gasteiger partial charge in [-0.25, -0.2) is 0 Å². The Bertz CT molecular complexity index is 1110. The second kappa shape index (κ2) is 10.7. The predicted molar refractivity (Wildman–Crippen MR) is 146 cm³/mol. The minimum absolute atomic E-state index is 0.707. The third-order valence-corrected chi connectivity index (χ3v) is 6.81. The molecule has 4 heteroatoms. The molecule has 3 aromatic rings. The first-order valence-electron chi connectivity index (χ1n) is 12.7. The van der Waals surface area contributed by atoms with Gasteiger partial charge in [0, 0.05) is 22.8 Å². The van der Waals surface area contributed by atoms with Crippen LogP contribution in [-0.4, -0.2) is 11.4 Å². The highest BCUT2D eigenvalue weighted by atomic mass is 15.2. The van der Waals surface area contributed by atoms with Crippen LogP contribution in [0.25, 0.3) is 0 Å². The summed E-state index contributed by atoms with van der Waals surface area (Å²) in [4.78, 5) is 12.5. The van der Waals surface area contributed by atoms with Gasteiger partial charge in [0.2, 0.25) is 0 Å². The van der Waals surface area contributed by atoms with Crippen molar-refractivity contribution in [1.29, 1.82) is 0 Å². The Kier molecular flexibility index (Phi) is 7.04. The maximum Gasteiger partial charge on any atom is 0.0891 e. The van der Waals surface area contributed by atoms with E-state index in [0.29, 0.717) is 5.69 Å². The van der Waals surface area contributed by atoms with Crippen molar-refractivity contribution in [2.24, 2.45) is 9.98 Å². The number of rotatable bonds is 5. The maximum atomic E-state index is 6.60. The number of nitrogens with zero attached hydrogens (tertiary/aromatic N) is 3. The fraction of sp³-hybridized carbons (Fsp3) is 0.333. The summed E-state index contributed by atoms with van der Waals surface area (Å²) in [6, 6.07) is 25.2. The Morgan fingerprint density at radius 3 is 1.53 bits per heavy atom. The van der Waals surface area contributed by atoms with Crippen molar-refractivity contribution in [2.75, 3.05) is 10.6 Å². The van der Waals surface area contributed by atoms with E-state index in [1.54, 1.807) is 0 Å². The first-order valence-corrected chi connectivity index (χ1v) is 12.7. The van der Waals surface area contributed by atoms with Gasteiger partial charge < -0.3 is 10.6 Å². The van der Waals surface area contributed by atoms with Gasteiger partial charge in [0.05, 0.1) is 22.7 Å². The molecule has 0 amide bonds. The lowest BCUT2D eigenvalue weighted by Crippen LogP contribution is -2.11. The van der Waals surface area contributed by atoms with Crippen molar-refractivity contribution < 1.29 is 0 Å². The van der Waals surface area contributed by atoms with E-state index in [9.17, 15) is 0 Å². The highest BCUT2D eigenvalue weighted by Crippen LogP contribution is 2.45. The molecule has 2 aliphatic rings. The number of anilines is 4. The standard InChI is InChI=1S/C30H34N4/c31-27-21-29(33-24-15-7-2-8-16-24)30(22-28(27)32-23-13-5-1-6-14-23)34(25-17-9-3-10-18-25)26-19-11-4-12-20-26/h3-4,9-12,17-22H,1-2,5-8,13-16,31H2. The highest BCUT2D eigenvalue weighted by Gasteiger charge is 2.20. The SMILES string of the molecule is Nc1cc(N=C2CCCCC2)c(N(c2ccccc2)c2ccccc2)cc1N=C1CCCCC1. The molecule has 34 heavy (non-hydrogen) atoms. The Hall–Kier alpha value is -3.40. The first-order chi connectivity index (χ1) is 16.8. The molecule has 0 radical (unpaired) electrons. The summed E-state index contributed by atoms with van der Waals surface area (Å²) in [6.45, 7) is 0. The summed E-state index contributed by atoms with van der Waals surface area (Å²) < 4.78 is 0. The number of nitrogen functional groups attached to an aromatic ring is 1. The summed E-state index contributed by atoms with van der Waals surface area (Å²) in [6.07, 6.45) is 11.7. The normalized spacial score (nSPS) is 16.2. The summed E-state index contributed by atoms with van der Waals surface area (Å²) in [5, 5.41) is 0. The molecule has 0 heterocycles. The molecule has 0 saturated heterocycles. The molecule has 2 aliphatic carbocycles. The summed E-state index contributed by atoms with van der Waals surface area (Å²) in [5.74, 6) is 0. The topological polar surface area (TPSA) is 54.0 Å². The van der Waals surface area contributed by atoms with Crippen LogP contribution in [0.4, 0.5) is 34.1 Å². The van der Waals surface area contributed by atoms with Crippen LogP contribution in [0.5, 0.6) is 0 Å². The van der Waals surface area contributed by atoms with Crippen LogP contribution >= 0.6 is 0 Å². The quantitative estimate of drug-likeness (QED) is 0.395. The number of aliphatic imine (C=N–C) groups is 2. The smallest absolute Gasteiger partial charge is 0.0891 e. The number of benzene rings is 3. The Morgan fingerprint density at radius 2 is 1.03 bits per heavy atom. The average Bonchev–Trinajstić information content (AvgIpc) is 2.89. The molecular weight excluding hydrogens is 416 g/mol. The molecule has 5 rings (SSSR count). The van der Waals surface area contributed by atoms with Gasteiger partial charge in [-0.05, 0) is 87.8 Å². The summed E-state index contributed by atoms with van der Waals surface area (Å²) in [5.41, 5.74) is 14.8. The fourth-order valence-electron chi connectivity index (χ4n) is 5.01. The third-order valence-electron chi connectivity index (χ3n) is 6.81. The van der Waals surface area contributed by atoms with Crippen molar-refractivity contribution >= 4 is 45.5 Å².